The number of alkyl halides is 3. The maximum atomic E-state index is 14.8. The van der Waals surface area contributed by atoms with Crippen molar-refractivity contribution in [1.82, 2.24) is 0 Å². The molecule has 0 saturated heterocycles. The summed E-state index contributed by atoms with van der Waals surface area (Å²) in [7, 11) is 0. The van der Waals surface area contributed by atoms with Crippen LogP contribution in [0.1, 0.15) is 107 Å². The Balaban J connectivity index is 2.03. The average Bonchev–Trinajstić information content (AvgIpc) is 2.86. The van der Waals surface area contributed by atoms with Crippen molar-refractivity contribution in [2.24, 2.45) is 0 Å². The first-order valence-corrected chi connectivity index (χ1v) is 13.5. The summed E-state index contributed by atoms with van der Waals surface area (Å²) in [6, 6.07) is 9.26. The first-order valence-electron chi connectivity index (χ1n) is 13.5. The van der Waals surface area contributed by atoms with Crippen LogP contribution >= 0.6 is 0 Å². The Morgan fingerprint density at radius 3 is 1.92 bits per heavy atom. The fourth-order valence-corrected chi connectivity index (χ4v) is 4.31. The lowest BCUT2D eigenvalue weighted by Crippen LogP contribution is -2.34. The second-order valence-electron chi connectivity index (χ2n) is 9.64. The first-order chi connectivity index (χ1) is 17.7. The lowest BCUT2D eigenvalue weighted by Gasteiger charge is -2.21. The minimum Gasteiger partial charge on any atom is -0.449 e. The summed E-state index contributed by atoms with van der Waals surface area (Å²) >= 11 is 0. The van der Waals surface area contributed by atoms with Crippen molar-refractivity contribution in [2.45, 2.75) is 110 Å². The van der Waals surface area contributed by atoms with Crippen molar-refractivity contribution in [3.8, 4) is 11.1 Å². The summed E-state index contributed by atoms with van der Waals surface area (Å²) in [6.45, 7) is 4.17. The molecule has 0 amide bonds. The molecule has 0 N–H and O–H groups in total. The highest BCUT2D eigenvalue weighted by molar-refractivity contribution is 5.90. The van der Waals surface area contributed by atoms with Gasteiger partial charge in [-0.1, -0.05) is 102 Å². The van der Waals surface area contributed by atoms with E-state index in [-0.39, 0.29) is 12.0 Å². The largest absolute Gasteiger partial charge is 0.449 e. The van der Waals surface area contributed by atoms with Crippen LogP contribution in [0.25, 0.3) is 11.1 Å². The number of halogens is 5. The molecule has 0 bridgehead atoms. The molecule has 37 heavy (non-hydrogen) atoms. The van der Waals surface area contributed by atoms with E-state index in [1.807, 2.05) is 19.1 Å². The van der Waals surface area contributed by atoms with Gasteiger partial charge in [-0.2, -0.15) is 13.2 Å². The van der Waals surface area contributed by atoms with Crippen molar-refractivity contribution in [1.29, 1.82) is 0 Å². The number of hydrogen-bond acceptors (Lipinski definition) is 2. The lowest BCUT2D eigenvalue weighted by molar-refractivity contribution is -0.206. The quantitative estimate of drug-likeness (QED) is 0.124. The van der Waals surface area contributed by atoms with Crippen LogP contribution in [0.3, 0.4) is 0 Å². The molecule has 0 saturated carbocycles. The predicted octanol–water partition coefficient (Wildman–Crippen LogP) is 9.98. The van der Waals surface area contributed by atoms with Crippen molar-refractivity contribution in [3.63, 3.8) is 0 Å². The zero-order chi connectivity index (χ0) is 27.3. The molecule has 2 aromatic carbocycles. The molecule has 0 fully saturated rings. The maximum absolute atomic E-state index is 14.8. The Morgan fingerprint density at radius 1 is 0.757 bits per heavy atom. The summed E-state index contributed by atoms with van der Waals surface area (Å²) in [5.41, 5.74) is 0.598. The van der Waals surface area contributed by atoms with E-state index in [1.54, 1.807) is 12.1 Å². The van der Waals surface area contributed by atoms with Crippen LogP contribution in [0.2, 0.25) is 0 Å². The number of aryl methyl sites for hydroxylation is 1. The highest BCUT2D eigenvalue weighted by Gasteiger charge is 2.42. The van der Waals surface area contributed by atoms with Crippen LogP contribution in [-0.2, 0) is 11.2 Å². The fourth-order valence-electron chi connectivity index (χ4n) is 4.31. The molecule has 0 heterocycles. The third-order valence-corrected chi connectivity index (χ3v) is 6.57. The van der Waals surface area contributed by atoms with Crippen molar-refractivity contribution < 1.29 is 31.5 Å². The first kappa shape index (κ1) is 30.8. The molecule has 206 valence electrons. The molecule has 0 radical (unpaired) electrons. The average molecular weight is 527 g/mol. The standard InChI is InChI=1S/C30H39F5O2/c1-3-5-7-9-11-12-14-22-16-18-23(19-17-22)24-20-21-25(28(32)27(24)31)29(36)37-26(30(33,34)35)15-13-10-8-6-4-2/h16-21,26H,3-15H2,1-2H3. The number of carbonyl (C=O) groups excluding carboxylic acids is 1. The second-order valence-corrected chi connectivity index (χ2v) is 9.64. The van der Waals surface area contributed by atoms with Crippen molar-refractivity contribution in [2.75, 3.05) is 0 Å². The van der Waals surface area contributed by atoms with Gasteiger partial charge in [0.25, 0.3) is 0 Å². The zero-order valence-electron chi connectivity index (χ0n) is 21.9. The van der Waals surface area contributed by atoms with Crippen LogP contribution in [0, 0.1) is 11.6 Å². The van der Waals surface area contributed by atoms with E-state index < -0.39 is 41.9 Å². The van der Waals surface area contributed by atoms with E-state index >= 15 is 0 Å². The predicted molar refractivity (Wildman–Crippen MR) is 138 cm³/mol. The van der Waals surface area contributed by atoms with Crippen molar-refractivity contribution in [3.05, 3.63) is 59.2 Å². The monoisotopic (exact) mass is 526 g/mol. The van der Waals surface area contributed by atoms with E-state index in [0.29, 0.717) is 12.0 Å². The smallest absolute Gasteiger partial charge is 0.425 e. The summed E-state index contributed by atoms with van der Waals surface area (Å²) in [6.07, 6.45) is 3.88. The fraction of sp³-hybridized carbons (Fsp3) is 0.567. The lowest BCUT2D eigenvalue weighted by atomic mass is 9.99. The van der Waals surface area contributed by atoms with Gasteiger partial charge in [-0.3, -0.25) is 0 Å². The number of benzene rings is 2. The Morgan fingerprint density at radius 2 is 1.32 bits per heavy atom. The van der Waals surface area contributed by atoms with Crippen LogP contribution in [0.15, 0.2) is 36.4 Å². The molecule has 7 heteroatoms. The third kappa shape index (κ3) is 10.1. The Kier molecular flexibility index (Phi) is 13.1. The molecule has 0 aliphatic rings. The van der Waals surface area contributed by atoms with E-state index in [9.17, 15) is 26.7 Å². The molecule has 2 nitrogen and oxygen atoms in total. The minimum atomic E-state index is -4.79. The molecule has 1 atom stereocenters. The summed E-state index contributed by atoms with van der Waals surface area (Å²) < 4.78 is 74.3. The van der Waals surface area contributed by atoms with Crippen LogP contribution < -0.4 is 0 Å². The van der Waals surface area contributed by atoms with Crippen molar-refractivity contribution >= 4 is 5.97 Å². The molecule has 2 rings (SSSR count). The number of unbranched alkanes of at least 4 members (excludes halogenated alkanes) is 9. The van der Waals surface area contributed by atoms with E-state index in [4.69, 9.17) is 0 Å². The van der Waals surface area contributed by atoms with Gasteiger partial charge in [0.2, 0.25) is 0 Å². The number of esters is 1. The van der Waals surface area contributed by atoms with Gasteiger partial charge in [0, 0.05) is 5.56 Å². The normalized spacial score (nSPS) is 12.5. The highest BCUT2D eigenvalue weighted by atomic mass is 19.4. The second kappa shape index (κ2) is 15.7. The SMILES string of the molecule is CCCCCCCCc1ccc(-c2ccc(C(=O)OC(CCCCCCC)C(F)(F)F)c(F)c2F)cc1. The number of rotatable bonds is 16. The van der Waals surface area contributed by atoms with Gasteiger partial charge in [0.15, 0.2) is 17.7 Å². The molecule has 2 aromatic rings. The van der Waals surface area contributed by atoms with Gasteiger partial charge in [0.05, 0.1) is 5.56 Å². The van der Waals surface area contributed by atoms with E-state index in [0.717, 1.165) is 50.2 Å². The molecule has 0 aliphatic heterocycles. The molecular formula is C30H39F5O2. The van der Waals surface area contributed by atoms with E-state index in [1.165, 1.54) is 31.7 Å². The number of ether oxygens (including phenoxy) is 1. The summed E-state index contributed by atoms with van der Waals surface area (Å²) in [5.74, 6) is -4.32. The van der Waals surface area contributed by atoms with Gasteiger partial charge in [0.1, 0.15) is 0 Å². The van der Waals surface area contributed by atoms with Gasteiger partial charge >= 0.3 is 12.1 Å². The zero-order valence-corrected chi connectivity index (χ0v) is 21.9. The third-order valence-electron chi connectivity index (χ3n) is 6.57. The Labute approximate surface area is 217 Å². The van der Waals surface area contributed by atoms with Gasteiger partial charge < -0.3 is 4.74 Å². The minimum absolute atomic E-state index is 0.0662. The molecular weight excluding hydrogens is 487 g/mol. The Hall–Kier alpha value is -2.44. The molecule has 1 unspecified atom stereocenters. The summed E-state index contributed by atoms with van der Waals surface area (Å²) in [4.78, 5) is 12.4. The van der Waals surface area contributed by atoms with Crippen LogP contribution in [0.5, 0.6) is 0 Å². The van der Waals surface area contributed by atoms with Crippen LogP contribution in [-0.4, -0.2) is 18.2 Å². The van der Waals surface area contributed by atoms with E-state index in [2.05, 4.69) is 11.7 Å². The highest BCUT2D eigenvalue weighted by Crippen LogP contribution is 2.31. The molecule has 0 spiro atoms. The maximum Gasteiger partial charge on any atom is 0.425 e. The molecule has 0 aromatic heterocycles. The van der Waals surface area contributed by atoms with Gasteiger partial charge in [-0.05, 0) is 42.9 Å². The van der Waals surface area contributed by atoms with Gasteiger partial charge in [-0.15, -0.1) is 0 Å². The van der Waals surface area contributed by atoms with Gasteiger partial charge in [-0.25, -0.2) is 13.6 Å². The number of hydrogen-bond donors (Lipinski definition) is 0. The topological polar surface area (TPSA) is 26.3 Å². The van der Waals surface area contributed by atoms with Crippen LogP contribution in [0.4, 0.5) is 22.0 Å². The molecule has 0 aliphatic carbocycles. The summed E-state index contributed by atoms with van der Waals surface area (Å²) in [5, 5.41) is 0. The number of carbonyl (C=O) groups is 1. The Bertz CT molecular complexity index is 954.